The lowest BCUT2D eigenvalue weighted by molar-refractivity contribution is 0.0953. The number of hydrogen-bond acceptors (Lipinski definition) is 2. The Morgan fingerprint density at radius 3 is 2.41 bits per heavy atom. The van der Waals surface area contributed by atoms with Crippen LogP contribution in [0.3, 0.4) is 0 Å². The first-order valence-electron chi connectivity index (χ1n) is 5.76. The molecule has 0 aliphatic rings. The number of nitrogens with one attached hydrogen (secondary N) is 1. The van der Waals surface area contributed by atoms with Gasteiger partial charge in [0.05, 0.1) is 0 Å². The van der Waals surface area contributed by atoms with E-state index in [2.05, 4.69) is 5.32 Å². The van der Waals surface area contributed by atoms with Gasteiger partial charge in [-0.05, 0) is 37.1 Å². The second-order valence-corrected chi connectivity index (χ2v) is 4.47. The van der Waals surface area contributed by atoms with Crippen LogP contribution in [0.15, 0.2) is 24.3 Å². The molecule has 0 spiro atoms. The van der Waals surface area contributed by atoms with Crippen molar-refractivity contribution in [1.82, 2.24) is 5.32 Å². The van der Waals surface area contributed by atoms with Crippen molar-refractivity contribution in [3.05, 3.63) is 29.8 Å². The molecule has 0 unspecified atom stereocenters. The minimum absolute atomic E-state index is 0.0233. The molecule has 0 heterocycles. The molecule has 1 rings (SSSR count). The maximum absolute atomic E-state index is 11.7. The van der Waals surface area contributed by atoms with Gasteiger partial charge in [0.15, 0.2) is 0 Å². The third-order valence-electron chi connectivity index (χ3n) is 2.49. The van der Waals surface area contributed by atoms with E-state index in [0.29, 0.717) is 18.0 Å². The Morgan fingerprint density at radius 2 is 1.88 bits per heavy atom. The SMILES string of the molecule is CN(C)c1ccc(C(=O)NCCCCCl)cc1. The Labute approximate surface area is 108 Å². The predicted octanol–water partition coefficient (Wildman–Crippen LogP) is 2.50. The molecule has 0 aromatic heterocycles. The van der Waals surface area contributed by atoms with Crippen molar-refractivity contribution in [3.8, 4) is 0 Å². The third kappa shape index (κ3) is 4.65. The lowest BCUT2D eigenvalue weighted by Gasteiger charge is -2.12. The van der Waals surface area contributed by atoms with Crippen LogP contribution in [0, 0.1) is 0 Å². The van der Waals surface area contributed by atoms with E-state index in [1.165, 1.54) is 0 Å². The van der Waals surface area contributed by atoms with E-state index in [1.807, 2.05) is 43.3 Å². The number of unbranched alkanes of at least 4 members (excludes halogenated alkanes) is 1. The number of alkyl halides is 1. The van der Waals surface area contributed by atoms with Crippen LogP contribution in [0.5, 0.6) is 0 Å². The highest BCUT2D eigenvalue weighted by molar-refractivity contribution is 6.17. The molecule has 0 fully saturated rings. The normalized spacial score (nSPS) is 10.1. The minimum Gasteiger partial charge on any atom is -0.378 e. The van der Waals surface area contributed by atoms with Crippen molar-refractivity contribution < 1.29 is 4.79 Å². The maximum atomic E-state index is 11.7. The summed E-state index contributed by atoms with van der Waals surface area (Å²) in [6.45, 7) is 0.682. The Bertz CT molecular complexity index is 349. The van der Waals surface area contributed by atoms with Gasteiger partial charge in [0.25, 0.3) is 5.91 Å². The average molecular weight is 255 g/mol. The number of nitrogens with zero attached hydrogens (tertiary/aromatic N) is 1. The molecule has 3 nitrogen and oxygen atoms in total. The van der Waals surface area contributed by atoms with Crippen molar-refractivity contribution >= 4 is 23.2 Å². The molecule has 1 N–H and O–H groups in total. The number of carbonyl (C=O) groups is 1. The molecule has 4 heteroatoms. The molecule has 17 heavy (non-hydrogen) atoms. The Kier molecular flexibility index (Phi) is 5.84. The number of carbonyl (C=O) groups excluding carboxylic acids is 1. The molecule has 0 saturated carbocycles. The first-order valence-corrected chi connectivity index (χ1v) is 6.30. The van der Waals surface area contributed by atoms with Gasteiger partial charge in [0.1, 0.15) is 0 Å². The number of benzene rings is 1. The van der Waals surface area contributed by atoms with Crippen LogP contribution in [-0.2, 0) is 0 Å². The first-order chi connectivity index (χ1) is 8.15. The van der Waals surface area contributed by atoms with Gasteiger partial charge in [-0.1, -0.05) is 0 Å². The highest BCUT2D eigenvalue weighted by atomic mass is 35.5. The highest BCUT2D eigenvalue weighted by Crippen LogP contribution is 2.11. The van der Waals surface area contributed by atoms with E-state index in [0.717, 1.165) is 18.5 Å². The number of anilines is 1. The van der Waals surface area contributed by atoms with Crippen LogP contribution in [0.4, 0.5) is 5.69 Å². The second-order valence-electron chi connectivity index (χ2n) is 4.09. The summed E-state index contributed by atoms with van der Waals surface area (Å²) in [7, 11) is 3.95. The quantitative estimate of drug-likeness (QED) is 0.625. The zero-order chi connectivity index (χ0) is 12.7. The van der Waals surface area contributed by atoms with Crippen molar-refractivity contribution in [2.45, 2.75) is 12.8 Å². The van der Waals surface area contributed by atoms with Crippen molar-refractivity contribution in [2.75, 3.05) is 31.4 Å². The van der Waals surface area contributed by atoms with Crippen LogP contribution in [0.1, 0.15) is 23.2 Å². The summed E-state index contributed by atoms with van der Waals surface area (Å²) in [6, 6.07) is 7.56. The highest BCUT2D eigenvalue weighted by Gasteiger charge is 2.04. The molecular formula is C13H19ClN2O. The van der Waals surface area contributed by atoms with Crippen molar-refractivity contribution in [1.29, 1.82) is 0 Å². The number of hydrogen-bond donors (Lipinski definition) is 1. The van der Waals surface area contributed by atoms with Gasteiger partial charge in [0, 0.05) is 37.8 Å². The molecule has 0 aliphatic carbocycles. The topological polar surface area (TPSA) is 32.3 Å². The number of halogens is 1. The number of amides is 1. The molecule has 0 aliphatic heterocycles. The van der Waals surface area contributed by atoms with Gasteiger partial charge in [0.2, 0.25) is 0 Å². The van der Waals surface area contributed by atoms with Crippen LogP contribution in [0.25, 0.3) is 0 Å². The van der Waals surface area contributed by atoms with Gasteiger partial charge in [-0.2, -0.15) is 0 Å². The summed E-state index contributed by atoms with van der Waals surface area (Å²) in [6.07, 6.45) is 1.85. The van der Waals surface area contributed by atoms with Gasteiger partial charge >= 0.3 is 0 Å². The van der Waals surface area contributed by atoms with E-state index in [-0.39, 0.29) is 5.91 Å². The van der Waals surface area contributed by atoms with E-state index >= 15 is 0 Å². The van der Waals surface area contributed by atoms with Gasteiger partial charge < -0.3 is 10.2 Å². The van der Waals surface area contributed by atoms with E-state index in [9.17, 15) is 4.79 Å². The molecule has 94 valence electrons. The van der Waals surface area contributed by atoms with E-state index in [4.69, 9.17) is 11.6 Å². The molecular weight excluding hydrogens is 236 g/mol. The fraction of sp³-hybridized carbons (Fsp3) is 0.462. The first kappa shape index (κ1) is 13.8. The smallest absolute Gasteiger partial charge is 0.251 e. The minimum atomic E-state index is -0.0233. The molecule has 0 bridgehead atoms. The van der Waals surface area contributed by atoms with Crippen molar-refractivity contribution in [3.63, 3.8) is 0 Å². The third-order valence-corrected chi connectivity index (χ3v) is 2.76. The van der Waals surface area contributed by atoms with Gasteiger partial charge in [-0.25, -0.2) is 0 Å². The molecule has 1 amide bonds. The molecule has 0 atom stereocenters. The van der Waals surface area contributed by atoms with Crippen LogP contribution >= 0.6 is 11.6 Å². The van der Waals surface area contributed by atoms with Crippen LogP contribution < -0.4 is 10.2 Å². The largest absolute Gasteiger partial charge is 0.378 e. The monoisotopic (exact) mass is 254 g/mol. The van der Waals surface area contributed by atoms with Gasteiger partial charge in [-0.3, -0.25) is 4.79 Å². The van der Waals surface area contributed by atoms with Gasteiger partial charge in [-0.15, -0.1) is 11.6 Å². The summed E-state index contributed by atoms with van der Waals surface area (Å²) in [4.78, 5) is 13.7. The Balaban J connectivity index is 2.46. The average Bonchev–Trinajstić information content (AvgIpc) is 2.34. The second kappa shape index (κ2) is 7.17. The van der Waals surface area contributed by atoms with E-state index < -0.39 is 0 Å². The standard InChI is InChI=1S/C13H19ClN2O/c1-16(2)12-7-5-11(6-8-12)13(17)15-10-4-3-9-14/h5-8H,3-4,9-10H2,1-2H3,(H,15,17). The van der Waals surface area contributed by atoms with Crippen molar-refractivity contribution in [2.24, 2.45) is 0 Å². The summed E-state index contributed by atoms with van der Waals surface area (Å²) in [5.74, 6) is 0.623. The van der Waals surface area contributed by atoms with E-state index in [1.54, 1.807) is 0 Å². The zero-order valence-electron chi connectivity index (χ0n) is 10.4. The molecule has 1 aromatic rings. The molecule has 0 saturated heterocycles. The summed E-state index contributed by atoms with van der Waals surface area (Å²) >= 11 is 5.56. The number of rotatable bonds is 6. The fourth-order valence-electron chi connectivity index (χ4n) is 1.43. The van der Waals surface area contributed by atoms with Crippen LogP contribution in [0.2, 0.25) is 0 Å². The lowest BCUT2D eigenvalue weighted by Crippen LogP contribution is -2.24. The van der Waals surface area contributed by atoms with Crippen LogP contribution in [-0.4, -0.2) is 32.4 Å². The Hall–Kier alpha value is -1.22. The maximum Gasteiger partial charge on any atom is 0.251 e. The predicted molar refractivity (Wildman–Crippen MR) is 73.1 cm³/mol. The zero-order valence-corrected chi connectivity index (χ0v) is 11.1. The lowest BCUT2D eigenvalue weighted by atomic mass is 10.2. The molecule has 0 radical (unpaired) electrons. The summed E-state index contributed by atoms with van der Waals surface area (Å²) in [5.41, 5.74) is 1.78. The fourth-order valence-corrected chi connectivity index (χ4v) is 1.62. The summed E-state index contributed by atoms with van der Waals surface area (Å²) in [5, 5.41) is 2.87. The summed E-state index contributed by atoms with van der Waals surface area (Å²) < 4.78 is 0. The molecule has 1 aromatic carbocycles. The Morgan fingerprint density at radius 1 is 1.24 bits per heavy atom.